The summed E-state index contributed by atoms with van der Waals surface area (Å²) in [6.45, 7) is 6.57. The summed E-state index contributed by atoms with van der Waals surface area (Å²) in [5.74, 6) is 0. The van der Waals surface area contributed by atoms with Crippen LogP contribution >= 0.6 is 0 Å². The molecule has 0 saturated heterocycles. The first-order valence-electron chi connectivity index (χ1n) is 5.69. The number of rotatable bonds is 2. The third-order valence-electron chi connectivity index (χ3n) is 2.51. The average Bonchev–Trinajstić information content (AvgIpc) is 2.30. The van der Waals surface area contributed by atoms with Crippen LogP contribution in [0.3, 0.4) is 0 Å². The quantitative estimate of drug-likeness (QED) is 0.787. The Kier molecular flexibility index (Phi) is 3.09. The average molecular weight is 227 g/mol. The van der Waals surface area contributed by atoms with Gasteiger partial charge in [-0.25, -0.2) is 0 Å². The molecule has 0 aliphatic carbocycles. The Labute approximate surface area is 102 Å². The van der Waals surface area contributed by atoms with Crippen LogP contribution in [0.25, 0.3) is 0 Å². The van der Waals surface area contributed by atoms with Gasteiger partial charge in [0.2, 0.25) is 0 Å². The van der Waals surface area contributed by atoms with Crippen LogP contribution in [0.5, 0.6) is 0 Å². The van der Waals surface area contributed by atoms with Gasteiger partial charge in [-0.3, -0.25) is 9.97 Å². The molecule has 0 aromatic carbocycles. The van der Waals surface area contributed by atoms with Crippen molar-refractivity contribution >= 4 is 11.4 Å². The molecule has 0 bridgehead atoms. The molecule has 2 rings (SSSR count). The third kappa shape index (κ3) is 2.61. The highest BCUT2D eigenvalue weighted by molar-refractivity contribution is 5.64. The Morgan fingerprint density at radius 3 is 1.41 bits per heavy atom. The highest BCUT2D eigenvalue weighted by Crippen LogP contribution is 2.31. The molecule has 2 aromatic heterocycles. The van der Waals surface area contributed by atoms with Gasteiger partial charge in [0.15, 0.2) is 0 Å². The van der Waals surface area contributed by atoms with Gasteiger partial charge in [0, 0.05) is 41.7 Å². The molecule has 3 heteroatoms. The van der Waals surface area contributed by atoms with Crippen LogP contribution < -0.4 is 4.90 Å². The lowest BCUT2D eigenvalue weighted by Gasteiger charge is -2.37. The van der Waals surface area contributed by atoms with E-state index >= 15 is 0 Å². The van der Waals surface area contributed by atoms with Crippen LogP contribution in [0.4, 0.5) is 11.4 Å². The molecule has 0 spiro atoms. The fraction of sp³-hybridized carbons (Fsp3) is 0.286. The number of aromatic nitrogens is 2. The molecule has 0 aliphatic heterocycles. The predicted molar refractivity (Wildman–Crippen MR) is 70.4 cm³/mol. The standard InChI is InChI=1S/C14H17N3/c1-14(2,3)17(12-4-8-15-9-5-12)13-6-10-16-11-7-13/h4-11H,1-3H3. The zero-order valence-corrected chi connectivity index (χ0v) is 10.5. The minimum atomic E-state index is 0.00269. The lowest BCUT2D eigenvalue weighted by molar-refractivity contribution is 0.560. The summed E-state index contributed by atoms with van der Waals surface area (Å²) in [7, 11) is 0. The SMILES string of the molecule is CC(C)(C)N(c1ccncc1)c1ccncc1. The first-order valence-corrected chi connectivity index (χ1v) is 5.69. The highest BCUT2D eigenvalue weighted by Gasteiger charge is 2.23. The van der Waals surface area contributed by atoms with Gasteiger partial charge >= 0.3 is 0 Å². The number of hydrogen-bond donors (Lipinski definition) is 0. The summed E-state index contributed by atoms with van der Waals surface area (Å²) in [4.78, 5) is 10.4. The molecular weight excluding hydrogens is 210 g/mol. The molecule has 0 N–H and O–H groups in total. The summed E-state index contributed by atoms with van der Waals surface area (Å²) >= 11 is 0. The van der Waals surface area contributed by atoms with Gasteiger partial charge in [-0.15, -0.1) is 0 Å². The van der Waals surface area contributed by atoms with E-state index in [0.717, 1.165) is 11.4 Å². The summed E-state index contributed by atoms with van der Waals surface area (Å²) < 4.78 is 0. The van der Waals surface area contributed by atoms with E-state index in [1.807, 2.05) is 49.1 Å². The number of pyridine rings is 2. The van der Waals surface area contributed by atoms with E-state index in [-0.39, 0.29) is 5.54 Å². The summed E-state index contributed by atoms with van der Waals surface area (Å²) in [6.07, 6.45) is 7.26. The second-order valence-corrected chi connectivity index (χ2v) is 4.92. The number of anilines is 2. The second-order valence-electron chi connectivity index (χ2n) is 4.92. The van der Waals surface area contributed by atoms with Crippen molar-refractivity contribution in [3.8, 4) is 0 Å². The van der Waals surface area contributed by atoms with Gasteiger partial charge < -0.3 is 4.90 Å². The molecule has 0 amide bonds. The minimum absolute atomic E-state index is 0.00269. The zero-order chi connectivity index (χ0) is 12.3. The third-order valence-corrected chi connectivity index (χ3v) is 2.51. The van der Waals surface area contributed by atoms with E-state index in [4.69, 9.17) is 0 Å². The molecule has 0 unspecified atom stereocenters. The minimum Gasteiger partial charge on any atom is -0.336 e. The topological polar surface area (TPSA) is 29.0 Å². The van der Waals surface area contributed by atoms with Crippen molar-refractivity contribution < 1.29 is 0 Å². The van der Waals surface area contributed by atoms with Crippen molar-refractivity contribution in [2.75, 3.05) is 4.90 Å². The van der Waals surface area contributed by atoms with Crippen molar-refractivity contribution in [1.82, 2.24) is 9.97 Å². The van der Waals surface area contributed by atoms with Gasteiger partial charge in [-0.2, -0.15) is 0 Å². The molecule has 0 atom stereocenters. The van der Waals surface area contributed by atoms with E-state index < -0.39 is 0 Å². The molecular formula is C14H17N3. The number of nitrogens with zero attached hydrogens (tertiary/aromatic N) is 3. The van der Waals surface area contributed by atoms with Gasteiger partial charge in [-0.1, -0.05) is 0 Å². The van der Waals surface area contributed by atoms with Gasteiger partial charge in [0.05, 0.1) is 0 Å². The largest absolute Gasteiger partial charge is 0.336 e. The Morgan fingerprint density at radius 1 is 0.765 bits per heavy atom. The molecule has 0 saturated carbocycles. The Balaban J connectivity index is 2.48. The molecule has 0 fully saturated rings. The lowest BCUT2D eigenvalue weighted by atomic mass is 10.0. The van der Waals surface area contributed by atoms with E-state index in [1.165, 1.54) is 0 Å². The van der Waals surface area contributed by atoms with Crippen molar-refractivity contribution in [3.63, 3.8) is 0 Å². The Hall–Kier alpha value is -1.90. The van der Waals surface area contributed by atoms with Crippen LogP contribution in [0, 0.1) is 0 Å². The fourth-order valence-electron chi connectivity index (χ4n) is 1.91. The van der Waals surface area contributed by atoms with E-state index in [1.54, 1.807) is 0 Å². The van der Waals surface area contributed by atoms with E-state index in [9.17, 15) is 0 Å². The maximum atomic E-state index is 4.06. The lowest BCUT2D eigenvalue weighted by Crippen LogP contribution is -2.37. The monoisotopic (exact) mass is 227 g/mol. The van der Waals surface area contributed by atoms with Gasteiger partial charge in [0.25, 0.3) is 0 Å². The normalized spacial score (nSPS) is 11.2. The van der Waals surface area contributed by atoms with Crippen molar-refractivity contribution in [3.05, 3.63) is 49.1 Å². The smallest absolute Gasteiger partial charge is 0.0446 e. The summed E-state index contributed by atoms with van der Waals surface area (Å²) in [5, 5.41) is 0. The van der Waals surface area contributed by atoms with Gasteiger partial charge in [0.1, 0.15) is 0 Å². The predicted octanol–water partition coefficient (Wildman–Crippen LogP) is 3.41. The first kappa shape index (κ1) is 11.6. The molecule has 0 aliphatic rings. The molecule has 3 nitrogen and oxygen atoms in total. The molecule has 2 aromatic rings. The maximum Gasteiger partial charge on any atom is 0.0446 e. The van der Waals surface area contributed by atoms with Crippen LogP contribution in [-0.4, -0.2) is 15.5 Å². The van der Waals surface area contributed by atoms with Crippen LogP contribution in [0.1, 0.15) is 20.8 Å². The Morgan fingerprint density at radius 2 is 1.12 bits per heavy atom. The molecule has 88 valence electrons. The molecule has 0 radical (unpaired) electrons. The summed E-state index contributed by atoms with van der Waals surface area (Å²) in [5.41, 5.74) is 2.28. The highest BCUT2D eigenvalue weighted by atomic mass is 15.2. The van der Waals surface area contributed by atoms with Crippen LogP contribution in [0.2, 0.25) is 0 Å². The maximum absolute atomic E-state index is 4.06. The van der Waals surface area contributed by atoms with Crippen molar-refractivity contribution in [2.45, 2.75) is 26.3 Å². The van der Waals surface area contributed by atoms with Crippen molar-refractivity contribution in [1.29, 1.82) is 0 Å². The second kappa shape index (κ2) is 4.53. The number of hydrogen-bond acceptors (Lipinski definition) is 3. The van der Waals surface area contributed by atoms with Crippen LogP contribution in [0.15, 0.2) is 49.1 Å². The van der Waals surface area contributed by atoms with E-state index in [0.29, 0.717) is 0 Å². The van der Waals surface area contributed by atoms with Gasteiger partial charge in [-0.05, 0) is 45.0 Å². The van der Waals surface area contributed by atoms with E-state index in [2.05, 4.69) is 35.6 Å². The zero-order valence-electron chi connectivity index (χ0n) is 10.5. The first-order chi connectivity index (χ1) is 8.09. The van der Waals surface area contributed by atoms with Crippen LogP contribution in [-0.2, 0) is 0 Å². The molecule has 2 heterocycles. The fourth-order valence-corrected chi connectivity index (χ4v) is 1.91. The van der Waals surface area contributed by atoms with Crippen molar-refractivity contribution in [2.24, 2.45) is 0 Å². The molecule has 17 heavy (non-hydrogen) atoms. The summed E-state index contributed by atoms with van der Waals surface area (Å²) in [6, 6.07) is 8.08. The Bertz CT molecular complexity index is 420.